The van der Waals surface area contributed by atoms with Gasteiger partial charge in [0.25, 0.3) is 0 Å². The number of hydrogen-bond donors (Lipinski definition) is 4. The summed E-state index contributed by atoms with van der Waals surface area (Å²) in [6.45, 7) is 19.0. The molecular formula is C37H44N2O6S2. The van der Waals surface area contributed by atoms with E-state index in [0.29, 0.717) is 45.0 Å². The topological polar surface area (TPSA) is 133 Å². The van der Waals surface area contributed by atoms with Gasteiger partial charge in [0.05, 0.1) is 32.3 Å². The first-order valence-corrected chi connectivity index (χ1v) is 17.8. The van der Waals surface area contributed by atoms with Gasteiger partial charge in [-0.25, -0.2) is 8.42 Å². The van der Waals surface area contributed by atoms with Gasteiger partial charge in [0.2, 0.25) is 0 Å². The SMILES string of the molecule is CC.CCC.Cc1cc(C)c(S(=O)O)c(C)c1Nc1ccc(Nc2c(C)cc(C)c(S(=O)O)c2C)c2c1C(=O)c1ccccc1C2=O. The zero-order chi connectivity index (χ0) is 35.3. The minimum Gasteiger partial charge on any atom is -0.354 e. The Morgan fingerprint density at radius 3 is 1.21 bits per heavy atom. The summed E-state index contributed by atoms with van der Waals surface area (Å²) in [6, 6.07) is 13.6. The zero-order valence-electron chi connectivity index (χ0n) is 28.7. The second-order valence-corrected chi connectivity index (χ2v) is 13.1. The smallest absolute Gasteiger partial charge is 0.196 e. The first-order chi connectivity index (χ1) is 22.2. The average molecular weight is 677 g/mol. The normalized spacial score (nSPS) is 12.9. The lowest BCUT2D eigenvalue weighted by Crippen LogP contribution is -2.23. The molecule has 250 valence electrons. The van der Waals surface area contributed by atoms with Crippen LogP contribution in [0.4, 0.5) is 22.7 Å². The van der Waals surface area contributed by atoms with Crippen molar-refractivity contribution in [3.63, 3.8) is 0 Å². The van der Waals surface area contributed by atoms with E-state index in [9.17, 15) is 27.1 Å². The summed E-state index contributed by atoms with van der Waals surface area (Å²) >= 11 is -4.44. The number of nitrogens with one attached hydrogen (secondary N) is 2. The Morgan fingerprint density at radius 2 is 0.915 bits per heavy atom. The maximum atomic E-state index is 14.0. The minimum atomic E-state index is -2.22. The van der Waals surface area contributed by atoms with Gasteiger partial charge in [-0.2, -0.15) is 0 Å². The molecule has 0 radical (unpaired) electrons. The average Bonchev–Trinajstić information content (AvgIpc) is 3.01. The van der Waals surface area contributed by atoms with Crippen LogP contribution in [0, 0.1) is 41.5 Å². The van der Waals surface area contributed by atoms with E-state index in [1.54, 1.807) is 76.2 Å². The maximum Gasteiger partial charge on any atom is 0.196 e. The first kappa shape index (κ1) is 37.5. The van der Waals surface area contributed by atoms with Crippen molar-refractivity contribution >= 4 is 56.5 Å². The van der Waals surface area contributed by atoms with E-state index >= 15 is 0 Å². The molecule has 4 aromatic rings. The summed E-state index contributed by atoms with van der Waals surface area (Å²) in [5.41, 5.74) is 6.88. The third-order valence-electron chi connectivity index (χ3n) is 7.75. The molecule has 10 heteroatoms. The molecule has 1 aliphatic carbocycles. The standard InChI is InChI=1S/C32H30N2O6S2.C3H8.C2H6/c1-15-13-17(3)31(41(37)38)19(5)27(15)33-23-11-12-24(34-28-16(2)14-18(4)32(20(28)6)42(39)40)26-25(23)29(35)21-9-7-8-10-22(21)30(26)36;1-3-2;1-2/h7-14,33-34H,1-6H3,(H,37,38)(H,39,40);3H2,1-2H3;1-2H3. The van der Waals surface area contributed by atoms with Crippen molar-refractivity contribution in [2.75, 3.05) is 10.6 Å². The number of rotatable bonds is 6. The number of hydrogen-bond acceptors (Lipinski definition) is 6. The Bertz CT molecular complexity index is 1780. The van der Waals surface area contributed by atoms with Gasteiger partial charge in [-0.1, -0.05) is 70.5 Å². The number of aryl methyl sites for hydroxylation is 4. The quantitative estimate of drug-likeness (QED) is 0.131. The van der Waals surface area contributed by atoms with Crippen LogP contribution in [0.3, 0.4) is 0 Å². The molecular weight excluding hydrogens is 633 g/mol. The summed E-state index contributed by atoms with van der Waals surface area (Å²) in [7, 11) is 0. The maximum absolute atomic E-state index is 14.0. The van der Waals surface area contributed by atoms with Crippen molar-refractivity contribution in [2.45, 2.75) is 85.4 Å². The molecule has 47 heavy (non-hydrogen) atoms. The Labute approximate surface area is 283 Å². The van der Waals surface area contributed by atoms with E-state index in [1.807, 2.05) is 27.7 Å². The van der Waals surface area contributed by atoms with Gasteiger partial charge in [-0.15, -0.1) is 0 Å². The molecule has 5 rings (SSSR count). The van der Waals surface area contributed by atoms with Gasteiger partial charge < -0.3 is 19.7 Å². The van der Waals surface area contributed by atoms with Crippen molar-refractivity contribution in [2.24, 2.45) is 0 Å². The fourth-order valence-corrected chi connectivity index (χ4v) is 7.35. The molecule has 0 heterocycles. The Morgan fingerprint density at radius 1 is 0.596 bits per heavy atom. The van der Waals surface area contributed by atoms with Crippen LogP contribution < -0.4 is 10.6 Å². The number of anilines is 4. The van der Waals surface area contributed by atoms with Crippen LogP contribution >= 0.6 is 0 Å². The van der Waals surface area contributed by atoms with E-state index < -0.39 is 22.2 Å². The van der Waals surface area contributed by atoms with E-state index in [2.05, 4.69) is 24.5 Å². The zero-order valence-corrected chi connectivity index (χ0v) is 30.3. The van der Waals surface area contributed by atoms with Crippen molar-refractivity contribution in [3.8, 4) is 0 Å². The lowest BCUT2D eigenvalue weighted by molar-refractivity contribution is 0.0980. The van der Waals surface area contributed by atoms with Crippen LogP contribution in [0.15, 0.2) is 58.3 Å². The minimum absolute atomic E-state index is 0.170. The summed E-state index contributed by atoms with van der Waals surface area (Å²) in [5.74, 6) is -0.677. The molecule has 0 aliphatic heterocycles. The molecule has 1 aliphatic rings. The summed E-state index contributed by atoms with van der Waals surface area (Å²) in [5, 5.41) is 6.60. The van der Waals surface area contributed by atoms with Crippen molar-refractivity contribution in [3.05, 3.63) is 104 Å². The number of ketones is 2. The summed E-state index contributed by atoms with van der Waals surface area (Å²) in [6.07, 6.45) is 1.25. The molecule has 8 nitrogen and oxygen atoms in total. The molecule has 4 N–H and O–H groups in total. The second kappa shape index (κ2) is 15.8. The van der Waals surface area contributed by atoms with Gasteiger partial charge in [-0.05, 0) is 87.1 Å². The number of benzene rings is 4. The largest absolute Gasteiger partial charge is 0.354 e. The number of fused-ring (bicyclic) bond motifs is 2. The molecule has 0 fully saturated rings. The molecule has 0 spiro atoms. The van der Waals surface area contributed by atoms with Crippen LogP contribution in [0.1, 0.15) is 99.3 Å². The molecule has 0 saturated carbocycles. The summed E-state index contributed by atoms with van der Waals surface area (Å²) < 4.78 is 44.1. The first-order valence-electron chi connectivity index (χ1n) is 15.6. The van der Waals surface area contributed by atoms with Gasteiger partial charge in [0.15, 0.2) is 33.7 Å². The van der Waals surface area contributed by atoms with E-state index in [0.717, 1.165) is 11.1 Å². The van der Waals surface area contributed by atoms with Crippen LogP contribution in [0.2, 0.25) is 0 Å². The molecule has 2 unspecified atom stereocenters. The van der Waals surface area contributed by atoms with Crippen molar-refractivity contribution in [1.29, 1.82) is 0 Å². The monoisotopic (exact) mass is 676 g/mol. The number of carbonyl (C=O) groups excluding carboxylic acids is 2. The molecule has 0 amide bonds. The highest BCUT2D eigenvalue weighted by Gasteiger charge is 2.34. The highest BCUT2D eigenvalue weighted by Crippen LogP contribution is 2.41. The van der Waals surface area contributed by atoms with E-state index in [1.165, 1.54) is 6.42 Å². The summed E-state index contributed by atoms with van der Waals surface area (Å²) in [4.78, 5) is 28.6. The van der Waals surface area contributed by atoms with E-state index in [4.69, 9.17) is 0 Å². The Hall–Kier alpha value is -3.96. The van der Waals surface area contributed by atoms with Crippen LogP contribution in [0.5, 0.6) is 0 Å². The predicted octanol–water partition coefficient (Wildman–Crippen LogP) is 9.40. The molecule has 0 saturated heterocycles. The number of carbonyl (C=O) groups is 2. The van der Waals surface area contributed by atoms with Gasteiger partial charge in [0, 0.05) is 22.5 Å². The third kappa shape index (κ3) is 7.31. The molecule has 0 aromatic heterocycles. The highest BCUT2D eigenvalue weighted by atomic mass is 32.2. The fraction of sp³-hybridized carbons (Fsp3) is 0.297. The second-order valence-electron chi connectivity index (χ2n) is 11.2. The molecule has 0 bridgehead atoms. The Kier molecular flexibility index (Phi) is 12.6. The third-order valence-corrected chi connectivity index (χ3v) is 9.70. The van der Waals surface area contributed by atoms with Gasteiger partial charge >= 0.3 is 0 Å². The highest BCUT2D eigenvalue weighted by molar-refractivity contribution is 7.79. The van der Waals surface area contributed by atoms with Crippen LogP contribution in [-0.2, 0) is 22.2 Å². The Balaban J connectivity index is 0.00000114. The van der Waals surface area contributed by atoms with Crippen molar-refractivity contribution in [1.82, 2.24) is 0 Å². The van der Waals surface area contributed by atoms with Crippen LogP contribution in [0.25, 0.3) is 0 Å². The van der Waals surface area contributed by atoms with Gasteiger partial charge in [0.1, 0.15) is 0 Å². The predicted molar refractivity (Wildman–Crippen MR) is 193 cm³/mol. The molecule has 2 atom stereocenters. The fourth-order valence-electron chi connectivity index (χ4n) is 5.96. The lowest BCUT2D eigenvalue weighted by atomic mass is 9.82. The van der Waals surface area contributed by atoms with E-state index in [-0.39, 0.29) is 43.6 Å². The van der Waals surface area contributed by atoms with Crippen LogP contribution in [-0.4, -0.2) is 29.1 Å². The van der Waals surface area contributed by atoms with Crippen molar-refractivity contribution < 1.29 is 27.1 Å². The van der Waals surface area contributed by atoms with Gasteiger partial charge in [-0.3, -0.25) is 9.59 Å². The molecule has 4 aromatic carbocycles. The lowest BCUT2D eigenvalue weighted by Gasteiger charge is -2.26.